The van der Waals surface area contributed by atoms with Crippen LogP contribution >= 0.6 is 0 Å². The first kappa shape index (κ1) is 11.4. The Morgan fingerprint density at radius 3 is 3.19 bits per heavy atom. The highest BCUT2D eigenvalue weighted by Gasteiger charge is 2.21. The Balaban J connectivity index is 1.83. The Bertz CT molecular complexity index is 326. The highest BCUT2D eigenvalue weighted by atomic mass is 16.5. The van der Waals surface area contributed by atoms with Gasteiger partial charge in [0.1, 0.15) is 0 Å². The second-order valence-electron chi connectivity index (χ2n) is 4.40. The minimum atomic E-state index is 0.362. The third-order valence-electron chi connectivity index (χ3n) is 3.00. The number of anilines is 1. The van der Waals surface area contributed by atoms with Crippen molar-refractivity contribution in [2.45, 2.75) is 37.9 Å². The summed E-state index contributed by atoms with van der Waals surface area (Å²) >= 11 is 0. The number of nitrogens with zero attached hydrogens (tertiary/aromatic N) is 2. The molecule has 0 radical (unpaired) electrons. The van der Waals surface area contributed by atoms with E-state index in [1.54, 1.807) is 7.11 Å². The minimum Gasteiger partial charge on any atom is -0.383 e. The second kappa shape index (κ2) is 5.32. The third kappa shape index (κ3) is 2.96. The molecule has 1 aliphatic carbocycles. The summed E-state index contributed by atoms with van der Waals surface area (Å²) in [6.45, 7) is 1.48. The molecule has 2 atom stereocenters. The molecule has 2 unspecified atom stereocenters. The molecule has 0 amide bonds. The number of ether oxygens (including phenoxy) is 1. The molecule has 90 valence electrons. The van der Waals surface area contributed by atoms with E-state index in [9.17, 15) is 0 Å². The van der Waals surface area contributed by atoms with Crippen LogP contribution in [-0.2, 0) is 11.3 Å². The molecule has 5 heteroatoms. The Labute approximate surface area is 96.0 Å². The topological polar surface area (TPSA) is 65.1 Å². The minimum absolute atomic E-state index is 0.362. The number of nitrogens with one attached hydrogen (secondary N) is 1. The second-order valence-corrected chi connectivity index (χ2v) is 4.40. The van der Waals surface area contributed by atoms with Gasteiger partial charge in [0.15, 0.2) is 0 Å². The fourth-order valence-electron chi connectivity index (χ4n) is 2.13. The number of hydrogen-bond donors (Lipinski definition) is 2. The molecule has 0 aromatic carbocycles. The maximum Gasteiger partial charge on any atom is 0.0728 e. The van der Waals surface area contributed by atoms with E-state index in [1.165, 1.54) is 0 Å². The largest absolute Gasteiger partial charge is 0.383 e. The van der Waals surface area contributed by atoms with Crippen molar-refractivity contribution in [2.24, 2.45) is 5.73 Å². The number of methoxy groups -OCH3 is 1. The average Bonchev–Trinajstić information content (AvgIpc) is 2.86. The lowest BCUT2D eigenvalue weighted by atomic mass is 10.2. The maximum absolute atomic E-state index is 5.87. The van der Waals surface area contributed by atoms with Crippen molar-refractivity contribution in [3.05, 3.63) is 12.4 Å². The van der Waals surface area contributed by atoms with Crippen LogP contribution in [0, 0.1) is 0 Å². The van der Waals surface area contributed by atoms with Gasteiger partial charge in [-0.2, -0.15) is 5.10 Å². The van der Waals surface area contributed by atoms with Gasteiger partial charge in [-0.1, -0.05) is 0 Å². The average molecular weight is 224 g/mol. The zero-order chi connectivity index (χ0) is 11.4. The van der Waals surface area contributed by atoms with Crippen LogP contribution in [0.15, 0.2) is 12.4 Å². The number of rotatable bonds is 5. The SMILES string of the molecule is COCCn1cc(NC2CCC(N)C2)cn1. The Morgan fingerprint density at radius 1 is 1.62 bits per heavy atom. The fraction of sp³-hybridized carbons (Fsp3) is 0.727. The molecule has 1 aromatic rings. The number of hydrogen-bond acceptors (Lipinski definition) is 4. The van der Waals surface area contributed by atoms with Crippen LogP contribution in [0.4, 0.5) is 5.69 Å². The maximum atomic E-state index is 5.87. The molecular formula is C11H20N4O. The van der Waals surface area contributed by atoms with Gasteiger partial charge in [-0.25, -0.2) is 0 Å². The summed E-state index contributed by atoms with van der Waals surface area (Å²) in [5, 5.41) is 7.72. The molecule has 1 saturated carbocycles. The first-order valence-corrected chi connectivity index (χ1v) is 5.81. The first-order chi connectivity index (χ1) is 7.78. The predicted molar refractivity (Wildman–Crippen MR) is 63.3 cm³/mol. The normalized spacial score (nSPS) is 24.9. The zero-order valence-corrected chi connectivity index (χ0v) is 9.72. The highest BCUT2D eigenvalue weighted by molar-refractivity contribution is 5.39. The van der Waals surface area contributed by atoms with Crippen molar-refractivity contribution < 1.29 is 4.74 Å². The van der Waals surface area contributed by atoms with E-state index in [2.05, 4.69) is 10.4 Å². The van der Waals surface area contributed by atoms with Gasteiger partial charge in [-0.05, 0) is 19.3 Å². The van der Waals surface area contributed by atoms with Crippen LogP contribution in [0.2, 0.25) is 0 Å². The van der Waals surface area contributed by atoms with Gasteiger partial charge in [-0.15, -0.1) is 0 Å². The standard InChI is InChI=1S/C11H20N4O/c1-16-5-4-15-8-11(7-13-15)14-10-3-2-9(12)6-10/h7-10,14H,2-6,12H2,1H3. The quantitative estimate of drug-likeness (QED) is 0.777. The Hall–Kier alpha value is -1.07. The van der Waals surface area contributed by atoms with Gasteiger partial charge < -0.3 is 15.8 Å². The van der Waals surface area contributed by atoms with Gasteiger partial charge >= 0.3 is 0 Å². The number of aromatic nitrogens is 2. The Kier molecular flexibility index (Phi) is 3.79. The lowest BCUT2D eigenvalue weighted by Crippen LogP contribution is -2.20. The molecule has 0 saturated heterocycles. The summed E-state index contributed by atoms with van der Waals surface area (Å²) in [4.78, 5) is 0. The highest BCUT2D eigenvalue weighted by Crippen LogP contribution is 2.21. The molecule has 16 heavy (non-hydrogen) atoms. The molecule has 0 aliphatic heterocycles. The summed E-state index contributed by atoms with van der Waals surface area (Å²) in [7, 11) is 1.70. The molecule has 0 spiro atoms. The van der Waals surface area contributed by atoms with E-state index >= 15 is 0 Å². The summed E-state index contributed by atoms with van der Waals surface area (Å²) < 4.78 is 6.89. The van der Waals surface area contributed by atoms with Crippen molar-refractivity contribution in [1.82, 2.24) is 9.78 Å². The Morgan fingerprint density at radius 2 is 2.50 bits per heavy atom. The fourth-order valence-corrected chi connectivity index (χ4v) is 2.13. The lowest BCUT2D eigenvalue weighted by molar-refractivity contribution is 0.183. The van der Waals surface area contributed by atoms with Crippen LogP contribution in [0.5, 0.6) is 0 Å². The van der Waals surface area contributed by atoms with Crippen molar-refractivity contribution >= 4 is 5.69 Å². The van der Waals surface area contributed by atoms with E-state index in [-0.39, 0.29) is 0 Å². The molecule has 1 aromatic heterocycles. The molecule has 5 nitrogen and oxygen atoms in total. The lowest BCUT2D eigenvalue weighted by Gasteiger charge is -2.11. The molecule has 1 fully saturated rings. The summed E-state index contributed by atoms with van der Waals surface area (Å²) in [6.07, 6.45) is 7.21. The van der Waals surface area contributed by atoms with Crippen LogP contribution < -0.4 is 11.1 Å². The van der Waals surface area contributed by atoms with Crippen LogP contribution in [0.25, 0.3) is 0 Å². The monoisotopic (exact) mass is 224 g/mol. The molecule has 2 rings (SSSR count). The van der Waals surface area contributed by atoms with Crippen molar-refractivity contribution in [1.29, 1.82) is 0 Å². The third-order valence-corrected chi connectivity index (χ3v) is 3.00. The van der Waals surface area contributed by atoms with Gasteiger partial charge in [0.25, 0.3) is 0 Å². The molecule has 3 N–H and O–H groups in total. The van der Waals surface area contributed by atoms with E-state index in [4.69, 9.17) is 10.5 Å². The van der Waals surface area contributed by atoms with Crippen LogP contribution in [0.3, 0.4) is 0 Å². The van der Waals surface area contributed by atoms with Gasteiger partial charge in [0, 0.05) is 25.4 Å². The van der Waals surface area contributed by atoms with E-state index in [1.807, 2.05) is 17.1 Å². The van der Waals surface area contributed by atoms with Crippen molar-refractivity contribution in [3.63, 3.8) is 0 Å². The molecular weight excluding hydrogens is 204 g/mol. The van der Waals surface area contributed by atoms with Crippen LogP contribution in [0.1, 0.15) is 19.3 Å². The van der Waals surface area contributed by atoms with E-state index in [0.29, 0.717) is 18.7 Å². The zero-order valence-electron chi connectivity index (χ0n) is 9.72. The summed E-state index contributed by atoms with van der Waals surface area (Å²) in [5.74, 6) is 0. The van der Waals surface area contributed by atoms with Gasteiger partial charge in [-0.3, -0.25) is 4.68 Å². The predicted octanol–water partition coefficient (Wildman–Crippen LogP) is 0.821. The van der Waals surface area contributed by atoms with Crippen molar-refractivity contribution in [3.8, 4) is 0 Å². The first-order valence-electron chi connectivity index (χ1n) is 5.81. The summed E-state index contributed by atoms with van der Waals surface area (Å²) in [5.41, 5.74) is 6.95. The van der Waals surface area contributed by atoms with Crippen LogP contribution in [-0.4, -0.2) is 35.6 Å². The number of nitrogens with two attached hydrogens (primary N) is 1. The summed E-state index contributed by atoms with van der Waals surface area (Å²) in [6, 6.07) is 0.871. The van der Waals surface area contributed by atoms with E-state index in [0.717, 1.165) is 31.5 Å². The smallest absolute Gasteiger partial charge is 0.0728 e. The van der Waals surface area contributed by atoms with Gasteiger partial charge in [0.05, 0.1) is 25.0 Å². The molecule has 1 heterocycles. The molecule has 0 bridgehead atoms. The van der Waals surface area contributed by atoms with Crippen molar-refractivity contribution in [2.75, 3.05) is 19.0 Å². The van der Waals surface area contributed by atoms with Gasteiger partial charge in [0.2, 0.25) is 0 Å². The van der Waals surface area contributed by atoms with E-state index < -0.39 is 0 Å². The molecule has 1 aliphatic rings.